The quantitative estimate of drug-likeness (QED) is 0.736. The molecule has 1 nitrogen and oxygen atoms in total. The van der Waals surface area contributed by atoms with Crippen molar-refractivity contribution in [1.82, 2.24) is 0 Å². The van der Waals surface area contributed by atoms with Gasteiger partial charge >= 0.3 is 0 Å². The molecule has 0 saturated heterocycles. The van der Waals surface area contributed by atoms with Gasteiger partial charge < -0.3 is 0 Å². The number of benzene rings is 1. The Bertz CT molecular complexity index is 396. The number of rotatable bonds is 2. The zero-order valence-corrected chi connectivity index (χ0v) is 8.57. The van der Waals surface area contributed by atoms with Crippen LogP contribution in [0.25, 0.3) is 0 Å². The molecule has 1 saturated carbocycles. The number of hydrogen-bond donors (Lipinski definition) is 0. The van der Waals surface area contributed by atoms with E-state index >= 15 is 0 Å². The first-order valence-corrected chi connectivity index (χ1v) is 4.91. The molecule has 14 heavy (non-hydrogen) atoms. The van der Waals surface area contributed by atoms with Gasteiger partial charge in [0.25, 0.3) is 0 Å². The zero-order chi connectivity index (χ0) is 10.3. The summed E-state index contributed by atoms with van der Waals surface area (Å²) in [7, 11) is 0. The Morgan fingerprint density at radius 2 is 2.14 bits per heavy atom. The molecule has 0 amide bonds. The van der Waals surface area contributed by atoms with E-state index in [2.05, 4.69) is 0 Å². The second kappa shape index (κ2) is 3.06. The maximum Gasteiger partial charge on any atom is 0.141 e. The van der Waals surface area contributed by atoms with Gasteiger partial charge in [-0.2, -0.15) is 0 Å². The Labute approximate surface area is 86.9 Å². The van der Waals surface area contributed by atoms with Gasteiger partial charge in [-0.3, -0.25) is 4.79 Å². The zero-order valence-electron chi connectivity index (χ0n) is 7.81. The van der Waals surface area contributed by atoms with Crippen LogP contribution in [0.15, 0.2) is 18.2 Å². The lowest BCUT2D eigenvalue weighted by Crippen LogP contribution is -2.16. The van der Waals surface area contributed by atoms with E-state index in [-0.39, 0.29) is 16.2 Å². The van der Waals surface area contributed by atoms with Gasteiger partial charge in [-0.1, -0.05) is 17.7 Å². The molecule has 0 spiro atoms. The predicted molar refractivity (Wildman–Crippen MR) is 53.0 cm³/mol. The molecule has 1 aromatic carbocycles. The molecule has 1 fully saturated rings. The van der Waals surface area contributed by atoms with E-state index in [9.17, 15) is 9.18 Å². The van der Waals surface area contributed by atoms with Crippen molar-refractivity contribution in [1.29, 1.82) is 0 Å². The fourth-order valence-electron chi connectivity index (χ4n) is 1.76. The maximum atomic E-state index is 12.9. The van der Waals surface area contributed by atoms with E-state index < -0.39 is 5.82 Å². The number of ketones is 1. The van der Waals surface area contributed by atoms with Gasteiger partial charge in [-0.25, -0.2) is 4.39 Å². The fourth-order valence-corrected chi connectivity index (χ4v) is 1.94. The molecule has 1 aliphatic rings. The third-order valence-corrected chi connectivity index (χ3v) is 3.19. The summed E-state index contributed by atoms with van der Waals surface area (Å²) in [6.07, 6.45) is 1.70. The van der Waals surface area contributed by atoms with Crippen molar-refractivity contribution >= 4 is 17.4 Å². The Morgan fingerprint density at radius 1 is 1.50 bits per heavy atom. The number of carbonyl (C=O) groups is 1. The van der Waals surface area contributed by atoms with Gasteiger partial charge in [0.2, 0.25) is 0 Å². The minimum atomic E-state index is -0.435. The summed E-state index contributed by atoms with van der Waals surface area (Å²) in [6.45, 7) is 1.57. The van der Waals surface area contributed by atoms with Crippen LogP contribution in [0.5, 0.6) is 0 Å². The molecule has 0 bridgehead atoms. The summed E-state index contributed by atoms with van der Waals surface area (Å²) in [6, 6.07) is 4.53. The molecule has 0 unspecified atom stereocenters. The molecule has 0 aliphatic heterocycles. The van der Waals surface area contributed by atoms with Gasteiger partial charge in [0.05, 0.1) is 10.4 Å². The van der Waals surface area contributed by atoms with Gasteiger partial charge in [0, 0.05) is 0 Å². The number of Topliss-reactive ketones (excluding diaryl/α,β-unsaturated/α-hetero) is 1. The topological polar surface area (TPSA) is 17.1 Å². The van der Waals surface area contributed by atoms with E-state index in [4.69, 9.17) is 11.6 Å². The van der Waals surface area contributed by atoms with Crippen LogP contribution in [0.2, 0.25) is 5.02 Å². The summed E-state index contributed by atoms with van der Waals surface area (Å²) in [5.74, 6) is -0.296. The van der Waals surface area contributed by atoms with Crippen molar-refractivity contribution in [3.05, 3.63) is 34.6 Å². The van der Waals surface area contributed by atoms with Crippen LogP contribution in [0.4, 0.5) is 4.39 Å². The van der Waals surface area contributed by atoms with Crippen molar-refractivity contribution in [3.63, 3.8) is 0 Å². The second-order valence-corrected chi connectivity index (χ2v) is 4.17. The third-order valence-electron chi connectivity index (χ3n) is 2.90. The highest BCUT2D eigenvalue weighted by Crippen LogP contribution is 2.49. The molecule has 1 aromatic rings. The smallest absolute Gasteiger partial charge is 0.141 e. The minimum absolute atomic E-state index is 0.0926. The number of carbonyl (C=O) groups excluding carboxylic acids is 1. The van der Waals surface area contributed by atoms with Crippen LogP contribution in [0, 0.1) is 5.82 Å². The predicted octanol–water partition coefficient (Wildman–Crippen LogP) is 3.10. The molecule has 0 N–H and O–H groups in total. The summed E-state index contributed by atoms with van der Waals surface area (Å²) < 4.78 is 12.9. The number of halogens is 2. The van der Waals surface area contributed by atoms with Gasteiger partial charge in [0.1, 0.15) is 11.6 Å². The van der Waals surface area contributed by atoms with E-state index in [0.717, 1.165) is 18.4 Å². The first kappa shape index (κ1) is 9.66. The van der Waals surface area contributed by atoms with Crippen molar-refractivity contribution in [3.8, 4) is 0 Å². The van der Waals surface area contributed by atoms with Crippen LogP contribution in [-0.2, 0) is 10.2 Å². The Morgan fingerprint density at radius 3 is 2.57 bits per heavy atom. The first-order valence-electron chi connectivity index (χ1n) is 4.53. The highest BCUT2D eigenvalue weighted by molar-refractivity contribution is 6.30. The Kier molecular flexibility index (Phi) is 2.11. The molecule has 0 atom stereocenters. The molecule has 0 radical (unpaired) electrons. The van der Waals surface area contributed by atoms with Crippen molar-refractivity contribution in [2.45, 2.75) is 25.2 Å². The first-order chi connectivity index (χ1) is 6.56. The molecular weight excluding hydrogens is 203 g/mol. The van der Waals surface area contributed by atoms with Crippen molar-refractivity contribution in [2.24, 2.45) is 0 Å². The molecule has 0 aromatic heterocycles. The average molecular weight is 213 g/mol. The molecular formula is C11H10ClFO. The number of hydrogen-bond acceptors (Lipinski definition) is 1. The maximum absolute atomic E-state index is 12.9. The van der Waals surface area contributed by atoms with E-state index in [0.29, 0.717) is 0 Å². The average Bonchev–Trinajstić information content (AvgIpc) is 2.90. The van der Waals surface area contributed by atoms with Crippen LogP contribution in [-0.4, -0.2) is 5.78 Å². The summed E-state index contributed by atoms with van der Waals surface area (Å²) >= 11 is 5.67. The van der Waals surface area contributed by atoms with E-state index in [1.807, 2.05) is 0 Å². The monoisotopic (exact) mass is 212 g/mol. The fraction of sp³-hybridized carbons (Fsp3) is 0.364. The highest BCUT2D eigenvalue weighted by Gasteiger charge is 2.48. The summed E-state index contributed by atoms with van der Waals surface area (Å²) in [5, 5.41) is 0.0926. The molecule has 2 rings (SSSR count). The van der Waals surface area contributed by atoms with Crippen molar-refractivity contribution in [2.75, 3.05) is 0 Å². The van der Waals surface area contributed by atoms with Gasteiger partial charge in [0.15, 0.2) is 0 Å². The normalized spacial score (nSPS) is 17.9. The minimum Gasteiger partial charge on any atom is -0.299 e. The van der Waals surface area contributed by atoms with Gasteiger partial charge in [-0.15, -0.1) is 0 Å². The van der Waals surface area contributed by atoms with Crippen molar-refractivity contribution < 1.29 is 9.18 Å². The second-order valence-electron chi connectivity index (χ2n) is 3.77. The molecule has 0 heterocycles. The lowest BCUT2D eigenvalue weighted by molar-refractivity contribution is -0.119. The SMILES string of the molecule is CC(=O)C1(c2ccc(F)c(Cl)c2)CC1. The van der Waals surface area contributed by atoms with Crippen LogP contribution in [0.3, 0.4) is 0 Å². The summed E-state index contributed by atoms with van der Waals surface area (Å²) in [4.78, 5) is 11.4. The highest BCUT2D eigenvalue weighted by atomic mass is 35.5. The summed E-state index contributed by atoms with van der Waals surface area (Å²) in [5.41, 5.74) is 0.480. The van der Waals surface area contributed by atoms with E-state index in [1.165, 1.54) is 6.07 Å². The Hall–Kier alpha value is -0.890. The molecule has 1 aliphatic carbocycles. The molecule has 74 valence electrons. The largest absolute Gasteiger partial charge is 0.299 e. The van der Waals surface area contributed by atoms with Crippen LogP contribution in [0.1, 0.15) is 25.3 Å². The standard InChI is InChI=1S/C11H10ClFO/c1-7(14)11(4-5-11)8-2-3-10(13)9(12)6-8/h2-3,6H,4-5H2,1H3. The van der Waals surface area contributed by atoms with Crippen LogP contribution >= 0.6 is 11.6 Å². The molecule has 3 heteroatoms. The lowest BCUT2D eigenvalue weighted by Gasteiger charge is -2.11. The Balaban J connectivity index is 2.43. The van der Waals surface area contributed by atoms with E-state index in [1.54, 1.807) is 19.1 Å². The third kappa shape index (κ3) is 1.34. The lowest BCUT2D eigenvalue weighted by atomic mass is 9.92. The van der Waals surface area contributed by atoms with Crippen LogP contribution < -0.4 is 0 Å². The van der Waals surface area contributed by atoms with Gasteiger partial charge in [-0.05, 0) is 37.5 Å².